The largest absolute Gasteiger partial charge is 0.494 e. The maximum Gasteiger partial charge on any atom is 0.140 e. The summed E-state index contributed by atoms with van der Waals surface area (Å²) in [6.07, 6.45) is 2.09. The Morgan fingerprint density at radius 3 is 2.44 bits per heavy atom. The molecule has 3 heteroatoms. The van der Waals surface area contributed by atoms with Crippen molar-refractivity contribution in [1.82, 2.24) is 9.55 Å². The zero-order valence-corrected chi connectivity index (χ0v) is 14.2. The van der Waals surface area contributed by atoms with Gasteiger partial charge in [0, 0.05) is 23.9 Å². The SMILES string of the molecule is CCOc1ccc(-c2cc3cccn(Cc4ccccc4)c-3n2)cc1. The first-order chi connectivity index (χ1) is 12.3. The molecule has 0 bridgehead atoms. The maximum atomic E-state index is 5.52. The summed E-state index contributed by atoms with van der Waals surface area (Å²) in [6.45, 7) is 3.49. The van der Waals surface area contributed by atoms with Gasteiger partial charge in [-0.15, -0.1) is 0 Å². The fraction of sp³-hybridized carbons (Fsp3) is 0.136. The number of rotatable bonds is 5. The van der Waals surface area contributed by atoms with Gasteiger partial charge in [-0.1, -0.05) is 30.3 Å². The lowest BCUT2D eigenvalue weighted by Gasteiger charge is -2.11. The van der Waals surface area contributed by atoms with Gasteiger partial charge in [-0.25, -0.2) is 4.98 Å². The molecular weight excluding hydrogens is 308 g/mol. The van der Waals surface area contributed by atoms with Crippen LogP contribution in [0.2, 0.25) is 0 Å². The van der Waals surface area contributed by atoms with E-state index < -0.39 is 0 Å². The van der Waals surface area contributed by atoms with Gasteiger partial charge in [0.05, 0.1) is 12.3 Å². The number of nitrogens with zero attached hydrogens (tertiary/aromatic N) is 2. The van der Waals surface area contributed by atoms with Crippen molar-refractivity contribution < 1.29 is 4.74 Å². The average molecular weight is 328 g/mol. The minimum absolute atomic E-state index is 0.678. The number of hydrogen-bond donors (Lipinski definition) is 0. The maximum absolute atomic E-state index is 5.52. The van der Waals surface area contributed by atoms with E-state index >= 15 is 0 Å². The number of fused-ring (bicyclic) bond motifs is 1. The monoisotopic (exact) mass is 328 g/mol. The second-order valence-corrected chi connectivity index (χ2v) is 6.00. The molecule has 0 aliphatic carbocycles. The van der Waals surface area contributed by atoms with Gasteiger partial charge in [-0.2, -0.15) is 0 Å². The van der Waals surface area contributed by atoms with E-state index in [9.17, 15) is 0 Å². The molecule has 0 radical (unpaired) electrons. The summed E-state index contributed by atoms with van der Waals surface area (Å²) in [5.41, 5.74) is 4.52. The Hall–Kier alpha value is -3.07. The fourth-order valence-electron chi connectivity index (χ4n) is 3.04. The second kappa shape index (κ2) is 6.81. The van der Waals surface area contributed by atoms with Crippen LogP contribution in [0.1, 0.15) is 12.5 Å². The summed E-state index contributed by atoms with van der Waals surface area (Å²) in [5.74, 6) is 1.90. The molecule has 25 heavy (non-hydrogen) atoms. The third kappa shape index (κ3) is 3.26. The Bertz CT molecular complexity index is 926. The highest BCUT2D eigenvalue weighted by Gasteiger charge is 2.13. The van der Waals surface area contributed by atoms with Crippen LogP contribution in [0.25, 0.3) is 22.6 Å². The molecule has 2 aliphatic rings. The van der Waals surface area contributed by atoms with Gasteiger partial charge in [-0.05, 0) is 55.0 Å². The summed E-state index contributed by atoms with van der Waals surface area (Å²) in [4.78, 5) is 4.88. The third-order valence-electron chi connectivity index (χ3n) is 4.25. The number of ether oxygens (including phenoxy) is 1. The van der Waals surface area contributed by atoms with Crippen LogP contribution in [0.4, 0.5) is 0 Å². The summed E-state index contributed by atoms with van der Waals surface area (Å²) < 4.78 is 7.71. The molecule has 0 atom stereocenters. The molecule has 0 amide bonds. The fourth-order valence-corrected chi connectivity index (χ4v) is 3.04. The van der Waals surface area contributed by atoms with Crippen molar-refractivity contribution in [2.45, 2.75) is 13.5 Å². The highest BCUT2D eigenvalue weighted by Crippen LogP contribution is 2.30. The van der Waals surface area contributed by atoms with E-state index in [1.54, 1.807) is 0 Å². The van der Waals surface area contributed by atoms with Gasteiger partial charge in [0.15, 0.2) is 0 Å². The molecule has 0 spiro atoms. The van der Waals surface area contributed by atoms with Crippen LogP contribution in [0, 0.1) is 0 Å². The van der Waals surface area contributed by atoms with Crippen molar-refractivity contribution >= 4 is 0 Å². The van der Waals surface area contributed by atoms with Crippen molar-refractivity contribution in [2.75, 3.05) is 6.61 Å². The minimum atomic E-state index is 0.678. The molecule has 0 aromatic heterocycles. The molecule has 4 rings (SSSR count). The van der Waals surface area contributed by atoms with Gasteiger partial charge in [0.2, 0.25) is 0 Å². The smallest absolute Gasteiger partial charge is 0.140 e. The van der Waals surface area contributed by atoms with Gasteiger partial charge in [0.25, 0.3) is 0 Å². The minimum Gasteiger partial charge on any atom is -0.494 e. The zero-order valence-electron chi connectivity index (χ0n) is 14.2. The van der Waals surface area contributed by atoms with Gasteiger partial charge >= 0.3 is 0 Å². The molecule has 2 aromatic carbocycles. The average Bonchev–Trinajstić information content (AvgIpc) is 3.09. The Morgan fingerprint density at radius 1 is 0.880 bits per heavy atom. The predicted octanol–water partition coefficient (Wildman–Crippen LogP) is 5.10. The van der Waals surface area contributed by atoms with Crippen LogP contribution in [-0.4, -0.2) is 16.2 Å². The summed E-state index contributed by atoms with van der Waals surface area (Å²) in [6, 6.07) is 24.9. The van der Waals surface area contributed by atoms with E-state index in [2.05, 4.69) is 65.4 Å². The first-order valence-electron chi connectivity index (χ1n) is 8.56. The standard InChI is InChI=1S/C22H20N2O/c1-2-25-20-12-10-18(11-13-20)21-15-19-9-6-14-24(22(19)23-21)16-17-7-4-3-5-8-17/h3-15H,2,16H2,1H3. The van der Waals surface area contributed by atoms with Crippen LogP contribution >= 0.6 is 0 Å². The van der Waals surface area contributed by atoms with Crippen LogP contribution in [0.3, 0.4) is 0 Å². The second-order valence-electron chi connectivity index (χ2n) is 6.00. The van der Waals surface area contributed by atoms with Crippen molar-refractivity contribution in [3.05, 3.63) is 84.6 Å². The van der Waals surface area contributed by atoms with Crippen molar-refractivity contribution in [3.63, 3.8) is 0 Å². The number of hydrogen-bond acceptors (Lipinski definition) is 2. The van der Waals surface area contributed by atoms with E-state index in [4.69, 9.17) is 9.72 Å². The molecule has 0 saturated carbocycles. The first kappa shape index (κ1) is 15.5. The lowest BCUT2D eigenvalue weighted by Crippen LogP contribution is -2.04. The molecule has 3 nitrogen and oxygen atoms in total. The van der Waals surface area contributed by atoms with Crippen LogP contribution in [-0.2, 0) is 6.54 Å². The normalized spacial score (nSPS) is 10.9. The van der Waals surface area contributed by atoms with E-state index in [0.717, 1.165) is 34.9 Å². The van der Waals surface area contributed by atoms with Crippen LogP contribution in [0.15, 0.2) is 79.0 Å². The Morgan fingerprint density at radius 2 is 1.68 bits per heavy atom. The molecule has 2 heterocycles. The Balaban J connectivity index is 1.68. The summed E-state index contributed by atoms with van der Waals surface area (Å²) >= 11 is 0. The van der Waals surface area contributed by atoms with Gasteiger partial charge in [-0.3, -0.25) is 0 Å². The van der Waals surface area contributed by atoms with Gasteiger partial charge in [0.1, 0.15) is 11.6 Å². The zero-order chi connectivity index (χ0) is 17.1. The van der Waals surface area contributed by atoms with Crippen molar-refractivity contribution in [3.8, 4) is 28.4 Å². The van der Waals surface area contributed by atoms with Crippen molar-refractivity contribution in [1.29, 1.82) is 0 Å². The topological polar surface area (TPSA) is 27.1 Å². The molecule has 2 aliphatic heterocycles. The molecule has 2 aromatic rings. The highest BCUT2D eigenvalue weighted by molar-refractivity contribution is 5.72. The summed E-state index contributed by atoms with van der Waals surface area (Å²) in [7, 11) is 0. The Labute approximate surface area is 147 Å². The number of benzene rings is 2. The van der Waals surface area contributed by atoms with E-state index in [1.807, 2.05) is 25.1 Å². The first-order valence-corrected chi connectivity index (χ1v) is 8.56. The van der Waals surface area contributed by atoms with E-state index in [1.165, 1.54) is 5.56 Å². The Kier molecular flexibility index (Phi) is 4.21. The molecule has 0 N–H and O–H groups in total. The number of pyridine rings is 1. The van der Waals surface area contributed by atoms with Crippen LogP contribution in [0.5, 0.6) is 5.75 Å². The summed E-state index contributed by atoms with van der Waals surface area (Å²) in [5, 5.41) is 0. The highest BCUT2D eigenvalue weighted by atomic mass is 16.5. The lowest BCUT2D eigenvalue weighted by molar-refractivity contribution is 0.340. The lowest BCUT2D eigenvalue weighted by atomic mass is 10.1. The predicted molar refractivity (Wildman–Crippen MR) is 101 cm³/mol. The van der Waals surface area contributed by atoms with Crippen molar-refractivity contribution in [2.24, 2.45) is 0 Å². The molecule has 0 unspecified atom stereocenters. The molecule has 0 saturated heterocycles. The number of aromatic nitrogens is 2. The van der Waals surface area contributed by atoms with Gasteiger partial charge < -0.3 is 9.30 Å². The molecule has 0 fully saturated rings. The quantitative estimate of drug-likeness (QED) is 0.509. The third-order valence-corrected chi connectivity index (χ3v) is 4.25. The van der Waals surface area contributed by atoms with Crippen LogP contribution < -0.4 is 4.74 Å². The van der Waals surface area contributed by atoms with E-state index in [-0.39, 0.29) is 0 Å². The molecule has 124 valence electrons. The van der Waals surface area contributed by atoms with E-state index in [0.29, 0.717) is 6.61 Å². The molecular formula is C22H20N2O.